The molecule has 0 bridgehead atoms. The Balaban J connectivity index is 2.95. The summed E-state index contributed by atoms with van der Waals surface area (Å²) in [5.41, 5.74) is 0.126. The molecule has 0 amide bonds. The zero-order chi connectivity index (χ0) is 12.3. The van der Waals surface area contributed by atoms with Crippen LogP contribution in [0.5, 0.6) is 11.5 Å². The monoisotopic (exact) mass is 335 g/mol. The quantitative estimate of drug-likeness (QED) is 0.444. The highest BCUT2D eigenvalue weighted by molar-refractivity contribution is 14.1. The van der Waals surface area contributed by atoms with E-state index in [-0.39, 0.29) is 15.3 Å². The van der Waals surface area contributed by atoms with Crippen LogP contribution in [0.15, 0.2) is 18.2 Å². The summed E-state index contributed by atoms with van der Waals surface area (Å²) in [6, 6.07) is 4.56. The summed E-state index contributed by atoms with van der Waals surface area (Å²) in [7, 11) is 1.72. The van der Waals surface area contributed by atoms with Crippen molar-refractivity contribution < 1.29 is 15.0 Å². The van der Waals surface area contributed by atoms with E-state index in [4.69, 9.17) is 0 Å². The lowest BCUT2D eigenvalue weighted by atomic mass is 9.94. The average Bonchev–Trinajstić information content (AvgIpc) is 2.23. The smallest absolute Gasteiger partial charge is 0.212 e. The van der Waals surface area contributed by atoms with E-state index in [2.05, 4.69) is 5.32 Å². The zero-order valence-corrected chi connectivity index (χ0v) is 11.3. The van der Waals surface area contributed by atoms with Gasteiger partial charge in [0.15, 0.2) is 11.5 Å². The van der Waals surface area contributed by atoms with E-state index in [1.54, 1.807) is 42.6 Å². The summed E-state index contributed by atoms with van der Waals surface area (Å²) in [4.78, 5) is 11.5. The van der Waals surface area contributed by atoms with Crippen molar-refractivity contribution in [2.45, 2.75) is 18.9 Å². The van der Waals surface area contributed by atoms with Gasteiger partial charge in [0.25, 0.3) is 0 Å². The Hall–Kier alpha value is -0.820. The van der Waals surface area contributed by atoms with Gasteiger partial charge in [-0.1, -0.05) is 6.07 Å². The Morgan fingerprint density at radius 1 is 1.44 bits per heavy atom. The molecule has 0 aliphatic heterocycles. The molecule has 0 aliphatic carbocycles. The molecule has 0 saturated carbocycles. The minimum absolute atomic E-state index is 0.000153. The minimum Gasteiger partial charge on any atom is -0.504 e. The summed E-state index contributed by atoms with van der Waals surface area (Å²) >= 11 is 1.75. The summed E-state index contributed by atoms with van der Waals surface area (Å²) < 4.78 is 0.000153. The third kappa shape index (κ3) is 2.85. The molecule has 1 rings (SSSR count). The normalized spacial score (nSPS) is 14.4. The molecule has 1 atom stereocenters. The van der Waals surface area contributed by atoms with Gasteiger partial charge in [0.05, 0.1) is 5.54 Å². The molecule has 0 aliphatic rings. The zero-order valence-electron chi connectivity index (χ0n) is 9.12. The summed E-state index contributed by atoms with van der Waals surface area (Å²) in [5.74, 6) is -0.326. The fourth-order valence-electron chi connectivity index (χ4n) is 1.34. The molecular weight excluding hydrogens is 321 g/mol. The number of phenolic OH excluding ortho intramolecular Hbond substituents is 2. The maximum Gasteiger partial charge on any atom is 0.212 e. The molecule has 1 unspecified atom stereocenters. The fourth-order valence-corrected chi connectivity index (χ4v) is 1.80. The Labute approximate surface area is 108 Å². The lowest BCUT2D eigenvalue weighted by molar-refractivity contribution is -0.114. The molecule has 0 heterocycles. The topological polar surface area (TPSA) is 69.6 Å². The van der Waals surface area contributed by atoms with Gasteiger partial charge in [-0.05, 0) is 38.1 Å². The van der Waals surface area contributed by atoms with Gasteiger partial charge in [-0.2, -0.15) is 0 Å². The second-order valence-corrected chi connectivity index (χ2v) is 4.84. The first-order valence-corrected chi connectivity index (χ1v) is 5.86. The van der Waals surface area contributed by atoms with Crippen molar-refractivity contribution in [3.05, 3.63) is 23.8 Å². The van der Waals surface area contributed by atoms with Crippen molar-refractivity contribution in [3.63, 3.8) is 0 Å². The third-order valence-corrected chi connectivity index (χ3v) is 3.77. The van der Waals surface area contributed by atoms with Crippen molar-refractivity contribution in [3.8, 4) is 11.5 Å². The maximum atomic E-state index is 11.5. The highest BCUT2D eigenvalue weighted by atomic mass is 127. The SMILES string of the molecule is CNC(C)(Cc1ccc(O)c(O)c1)C(=O)I. The summed E-state index contributed by atoms with van der Waals surface area (Å²) in [6.45, 7) is 1.80. The van der Waals surface area contributed by atoms with Crippen molar-refractivity contribution >= 4 is 26.4 Å². The van der Waals surface area contributed by atoms with E-state index < -0.39 is 5.54 Å². The largest absolute Gasteiger partial charge is 0.504 e. The Kier molecular flexibility index (Phi) is 4.15. The Morgan fingerprint density at radius 3 is 2.50 bits per heavy atom. The van der Waals surface area contributed by atoms with E-state index in [9.17, 15) is 15.0 Å². The second-order valence-electron chi connectivity index (χ2n) is 3.86. The van der Waals surface area contributed by atoms with E-state index in [0.29, 0.717) is 6.42 Å². The summed E-state index contributed by atoms with van der Waals surface area (Å²) in [5, 5.41) is 21.5. The first-order valence-electron chi connectivity index (χ1n) is 4.79. The molecule has 0 saturated heterocycles. The van der Waals surface area contributed by atoms with Crippen molar-refractivity contribution in [2.24, 2.45) is 0 Å². The lowest BCUT2D eigenvalue weighted by Gasteiger charge is -2.25. The molecule has 0 spiro atoms. The van der Waals surface area contributed by atoms with E-state index in [1.165, 1.54) is 12.1 Å². The number of rotatable bonds is 4. The van der Waals surface area contributed by atoms with Crippen LogP contribution in [-0.2, 0) is 11.2 Å². The van der Waals surface area contributed by atoms with Crippen LogP contribution in [0, 0.1) is 0 Å². The number of phenols is 2. The van der Waals surface area contributed by atoms with Crippen molar-refractivity contribution in [1.29, 1.82) is 0 Å². The van der Waals surface area contributed by atoms with Gasteiger partial charge in [0.1, 0.15) is 0 Å². The van der Waals surface area contributed by atoms with Gasteiger partial charge < -0.3 is 15.5 Å². The van der Waals surface area contributed by atoms with Gasteiger partial charge >= 0.3 is 0 Å². The van der Waals surface area contributed by atoms with Crippen LogP contribution < -0.4 is 5.32 Å². The highest BCUT2D eigenvalue weighted by Crippen LogP contribution is 2.27. The first-order chi connectivity index (χ1) is 7.39. The van der Waals surface area contributed by atoms with Crippen LogP contribution in [0.25, 0.3) is 0 Å². The Morgan fingerprint density at radius 2 is 2.06 bits per heavy atom. The molecule has 0 radical (unpaired) electrons. The number of benzene rings is 1. The van der Waals surface area contributed by atoms with Gasteiger partial charge in [-0.3, -0.25) is 4.79 Å². The predicted molar refractivity (Wildman–Crippen MR) is 70.0 cm³/mol. The van der Waals surface area contributed by atoms with E-state index in [1.807, 2.05) is 0 Å². The fraction of sp³-hybridized carbons (Fsp3) is 0.364. The average molecular weight is 335 g/mol. The maximum absolute atomic E-state index is 11.5. The van der Waals surface area contributed by atoms with E-state index in [0.717, 1.165) is 5.56 Å². The number of hydrogen-bond donors (Lipinski definition) is 3. The van der Waals surface area contributed by atoms with Gasteiger partial charge in [-0.15, -0.1) is 0 Å². The molecule has 5 heteroatoms. The van der Waals surface area contributed by atoms with Crippen LogP contribution in [-0.4, -0.2) is 26.6 Å². The molecule has 1 aromatic carbocycles. The molecule has 1 aromatic rings. The van der Waals surface area contributed by atoms with Crippen LogP contribution in [0.1, 0.15) is 12.5 Å². The molecule has 0 fully saturated rings. The van der Waals surface area contributed by atoms with Crippen molar-refractivity contribution in [1.82, 2.24) is 5.32 Å². The number of carbonyl (C=O) groups excluding carboxylic acids is 1. The number of nitrogens with one attached hydrogen (secondary N) is 1. The second kappa shape index (κ2) is 5.01. The molecule has 4 nitrogen and oxygen atoms in total. The van der Waals surface area contributed by atoms with Crippen LogP contribution in [0.2, 0.25) is 0 Å². The van der Waals surface area contributed by atoms with E-state index >= 15 is 0 Å². The predicted octanol–water partition coefficient (Wildman–Crippen LogP) is 1.58. The number of carbonyl (C=O) groups is 1. The number of halogens is 1. The first kappa shape index (κ1) is 13.2. The molecular formula is C11H14INO3. The minimum atomic E-state index is -0.663. The van der Waals surface area contributed by atoms with Gasteiger partial charge in [0, 0.05) is 22.6 Å². The molecule has 88 valence electrons. The van der Waals surface area contributed by atoms with Crippen LogP contribution in [0.4, 0.5) is 0 Å². The Bertz CT molecular complexity index is 408. The van der Waals surface area contributed by atoms with Crippen LogP contribution >= 0.6 is 22.6 Å². The highest BCUT2D eigenvalue weighted by Gasteiger charge is 2.29. The number of aromatic hydroxyl groups is 2. The molecule has 3 N–H and O–H groups in total. The van der Waals surface area contributed by atoms with Crippen LogP contribution in [0.3, 0.4) is 0 Å². The van der Waals surface area contributed by atoms with Gasteiger partial charge in [-0.25, -0.2) is 0 Å². The van der Waals surface area contributed by atoms with Gasteiger partial charge in [0.2, 0.25) is 3.79 Å². The standard InChI is InChI=1S/C11H14INO3/c1-11(13-2,10(12)16)6-7-3-4-8(14)9(15)5-7/h3-5,13-15H,6H2,1-2H3. The lowest BCUT2D eigenvalue weighted by Crippen LogP contribution is -2.47. The molecule has 16 heavy (non-hydrogen) atoms. The van der Waals surface area contributed by atoms with Crippen molar-refractivity contribution in [2.75, 3.05) is 7.05 Å². The molecule has 0 aromatic heterocycles. The number of hydrogen-bond acceptors (Lipinski definition) is 4. The number of likely N-dealkylation sites (N-methyl/N-ethyl adjacent to an activating group) is 1. The summed E-state index contributed by atoms with van der Waals surface area (Å²) in [6.07, 6.45) is 0.457. The third-order valence-electron chi connectivity index (χ3n) is 2.58.